The number of hydrogen-bond donors (Lipinski definition) is 1. The molecule has 2 aromatic rings. The number of allylic oxidation sites excluding steroid dienone is 1. The fourth-order valence-corrected chi connectivity index (χ4v) is 1.92. The smallest absolute Gasteiger partial charge is 0.344 e. The van der Waals surface area contributed by atoms with Gasteiger partial charge < -0.3 is 14.4 Å². The van der Waals surface area contributed by atoms with Crippen molar-refractivity contribution in [1.82, 2.24) is 4.57 Å². The molecular weight excluding hydrogens is 258 g/mol. The third kappa shape index (κ3) is 2.56. The maximum Gasteiger partial charge on any atom is 0.344 e. The zero-order chi connectivity index (χ0) is 14.7. The van der Waals surface area contributed by atoms with Crippen LogP contribution in [0.15, 0.2) is 47.9 Å². The van der Waals surface area contributed by atoms with Crippen molar-refractivity contribution < 1.29 is 14.6 Å². The largest absolute Gasteiger partial charge is 0.479 e. The van der Waals surface area contributed by atoms with Crippen molar-refractivity contribution in [2.45, 2.75) is 19.6 Å². The summed E-state index contributed by atoms with van der Waals surface area (Å²) in [6.45, 7) is 5.47. The third-order valence-electron chi connectivity index (χ3n) is 2.96. The number of fused-ring (bicyclic) bond motifs is 1. The zero-order valence-corrected chi connectivity index (χ0v) is 11.1. The lowest BCUT2D eigenvalue weighted by atomic mass is 10.1. The fraction of sp³-hybridized carbons (Fsp3) is 0.200. The van der Waals surface area contributed by atoms with Crippen LogP contribution in [0.25, 0.3) is 10.8 Å². The van der Waals surface area contributed by atoms with E-state index in [1.807, 2.05) is 0 Å². The summed E-state index contributed by atoms with van der Waals surface area (Å²) in [6.07, 6.45) is 2.31. The number of aliphatic carboxylic acids is 1. The van der Waals surface area contributed by atoms with E-state index in [1.54, 1.807) is 36.5 Å². The van der Waals surface area contributed by atoms with Gasteiger partial charge in [-0.05, 0) is 25.1 Å². The second kappa shape index (κ2) is 5.61. The molecule has 1 heterocycles. The van der Waals surface area contributed by atoms with Gasteiger partial charge in [0.1, 0.15) is 5.75 Å². The van der Waals surface area contributed by atoms with Crippen LogP contribution in [0.5, 0.6) is 5.75 Å². The predicted octanol–water partition coefficient (Wildman–Crippen LogP) is 2.04. The highest BCUT2D eigenvalue weighted by molar-refractivity contribution is 5.87. The first-order chi connectivity index (χ1) is 9.54. The Balaban J connectivity index is 2.54. The highest BCUT2D eigenvalue weighted by atomic mass is 16.5. The number of rotatable bonds is 5. The molecule has 0 aliphatic carbocycles. The molecule has 0 fully saturated rings. The number of carboxylic acids is 1. The number of hydrogen-bond acceptors (Lipinski definition) is 3. The Morgan fingerprint density at radius 2 is 2.20 bits per heavy atom. The third-order valence-corrected chi connectivity index (χ3v) is 2.96. The highest BCUT2D eigenvalue weighted by Crippen LogP contribution is 2.24. The van der Waals surface area contributed by atoms with Crippen LogP contribution < -0.4 is 10.3 Å². The van der Waals surface area contributed by atoms with Gasteiger partial charge in [0.05, 0.1) is 5.39 Å². The summed E-state index contributed by atoms with van der Waals surface area (Å²) in [4.78, 5) is 23.1. The number of nitrogens with zero attached hydrogens (tertiary/aromatic N) is 1. The number of carboxylic acid groups (broad SMARTS) is 1. The first kappa shape index (κ1) is 13.9. The normalized spacial score (nSPS) is 12.1. The summed E-state index contributed by atoms with van der Waals surface area (Å²) in [5, 5.41) is 9.98. The quantitative estimate of drug-likeness (QED) is 0.846. The van der Waals surface area contributed by atoms with E-state index in [-0.39, 0.29) is 5.56 Å². The Kier molecular flexibility index (Phi) is 3.89. The van der Waals surface area contributed by atoms with Gasteiger partial charge >= 0.3 is 5.97 Å². The van der Waals surface area contributed by atoms with E-state index in [0.29, 0.717) is 23.1 Å². The zero-order valence-electron chi connectivity index (χ0n) is 11.1. The monoisotopic (exact) mass is 273 g/mol. The van der Waals surface area contributed by atoms with Gasteiger partial charge in [0.25, 0.3) is 5.56 Å². The molecule has 0 bridgehead atoms. The van der Waals surface area contributed by atoms with Gasteiger partial charge in [0.2, 0.25) is 0 Å². The molecule has 0 aliphatic rings. The van der Waals surface area contributed by atoms with Crippen LogP contribution in [0.2, 0.25) is 0 Å². The summed E-state index contributed by atoms with van der Waals surface area (Å²) < 4.78 is 6.90. The van der Waals surface area contributed by atoms with Gasteiger partial charge in [0.15, 0.2) is 6.10 Å². The van der Waals surface area contributed by atoms with Crippen molar-refractivity contribution in [2.75, 3.05) is 0 Å². The average molecular weight is 273 g/mol. The molecule has 1 aromatic carbocycles. The SMILES string of the molecule is C=CCn1ccc2c(OC(C)C(=O)O)cccc2c1=O. The van der Waals surface area contributed by atoms with Gasteiger partial charge in [-0.15, -0.1) is 6.58 Å². The molecule has 1 atom stereocenters. The molecule has 1 unspecified atom stereocenters. The molecule has 0 amide bonds. The summed E-state index contributed by atoms with van der Waals surface area (Å²) in [6, 6.07) is 6.75. The lowest BCUT2D eigenvalue weighted by molar-refractivity contribution is -0.144. The summed E-state index contributed by atoms with van der Waals surface area (Å²) in [7, 11) is 0. The maximum atomic E-state index is 12.2. The molecule has 5 nitrogen and oxygen atoms in total. The first-order valence-corrected chi connectivity index (χ1v) is 6.17. The molecule has 5 heteroatoms. The van der Waals surface area contributed by atoms with Gasteiger partial charge in [0, 0.05) is 18.1 Å². The van der Waals surface area contributed by atoms with E-state index in [9.17, 15) is 9.59 Å². The van der Waals surface area contributed by atoms with Crippen molar-refractivity contribution >= 4 is 16.7 Å². The van der Waals surface area contributed by atoms with E-state index >= 15 is 0 Å². The minimum atomic E-state index is -1.05. The van der Waals surface area contributed by atoms with Gasteiger partial charge in [-0.3, -0.25) is 4.79 Å². The van der Waals surface area contributed by atoms with Crippen LogP contribution in [0, 0.1) is 0 Å². The molecule has 20 heavy (non-hydrogen) atoms. The van der Waals surface area contributed by atoms with Crippen LogP contribution in [0.1, 0.15) is 6.92 Å². The molecule has 1 aromatic heterocycles. The molecule has 0 spiro atoms. The van der Waals surface area contributed by atoms with E-state index in [0.717, 1.165) is 0 Å². The molecule has 0 radical (unpaired) electrons. The lowest BCUT2D eigenvalue weighted by Gasteiger charge is -2.13. The Morgan fingerprint density at radius 1 is 1.45 bits per heavy atom. The molecule has 2 rings (SSSR count). The van der Waals surface area contributed by atoms with Gasteiger partial charge in [-0.1, -0.05) is 12.1 Å². The summed E-state index contributed by atoms with van der Waals surface area (Å²) >= 11 is 0. The van der Waals surface area contributed by atoms with Crippen molar-refractivity contribution in [3.05, 3.63) is 53.5 Å². The molecule has 0 saturated carbocycles. The van der Waals surface area contributed by atoms with Crippen LogP contribution in [-0.4, -0.2) is 21.7 Å². The van der Waals surface area contributed by atoms with Crippen LogP contribution in [-0.2, 0) is 11.3 Å². The van der Waals surface area contributed by atoms with E-state index in [4.69, 9.17) is 9.84 Å². The Hall–Kier alpha value is -2.56. The second-order valence-electron chi connectivity index (χ2n) is 4.38. The van der Waals surface area contributed by atoms with Crippen LogP contribution in [0.4, 0.5) is 0 Å². The minimum Gasteiger partial charge on any atom is -0.479 e. The second-order valence-corrected chi connectivity index (χ2v) is 4.38. The minimum absolute atomic E-state index is 0.157. The van der Waals surface area contributed by atoms with Gasteiger partial charge in [-0.2, -0.15) is 0 Å². The van der Waals surface area contributed by atoms with Gasteiger partial charge in [-0.25, -0.2) is 4.79 Å². The van der Waals surface area contributed by atoms with Crippen molar-refractivity contribution in [1.29, 1.82) is 0 Å². The first-order valence-electron chi connectivity index (χ1n) is 6.17. The lowest BCUT2D eigenvalue weighted by Crippen LogP contribution is -2.23. The van der Waals surface area contributed by atoms with E-state index in [2.05, 4.69) is 6.58 Å². The molecule has 0 saturated heterocycles. The summed E-state index contributed by atoms with van der Waals surface area (Å²) in [5.74, 6) is -0.665. The average Bonchev–Trinajstić information content (AvgIpc) is 2.42. The molecule has 104 valence electrons. The molecule has 1 N–H and O–H groups in total. The highest BCUT2D eigenvalue weighted by Gasteiger charge is 2.15. The van der Waals surface area contributed by atoms with Crippen molar-refractivity contribution in [3.8, 4) is 5.75 Å². The van der Waals surface area contributed by atoms with Crippen LogP contribution in [0.3, 0.4) is 0 Å². The number of carbonyl (C=O) groups is 1. The Bertz CT molecular complexity index is 717. The molecular formula is C15H15NO4. The number of ether oxygens (including phenoxy) is 1. The van der Waals surface area contributed by atoms with E-state index in [1.165, 1.54) is 11.5 Å². The topological polar surface area (TPSA) is 68.5 Å². The standard InChI is InChI=1S/C15H15NO4/c1-3-8-16-9-7-11-12(14(16)17)5-4-6-13(11)20-10(2)15(18)19/h3-7,9-10H,1,8H2,2H3,(H,18,19). The molecule has 0 aliphatic heterocycles. The Labute approximate surface area is 115 Å². The number of pyridine rings is 1. The maximum absolute atomic E-state index is 12.2. The predicted molar refractivity (Wildman–Crippen MR) is 76.1 cm³/mol. The van der Waals surface area contributed by atoms with Crippen molar-refractivity contribution in [2.24, 2.45) is 0 Å². The number of aromatic nitrogens is 1. The Morgan fingerprint density at radius 3 is 2.85 bits per heavy atom. The van der Waals surface area contributed by atoms with Crippen molar-refractivity contribution in [3.63, 3.8) is 0 Å². The number of benzene rings is 1. The summed E-state index contributed by atoms with van der Waals surface area (Å²) in [5.41, 5.74) is -0.157. The fourth-order valence-electron chi connectivity index (χ4n) is 1.92. The van der Waals surface area contributed by atoms with E-state index < -0.39 is 12.1 Å². The van der Waals surface area contributed by atoms with Crippen LogP contribution >= 0.6 is 0 Å².